The van der Waals surface area contributed by atoms with Crippen molar-refractivity contribution in [3.63, 3.8) is 0 Å². The molecular weight excluding hydrogens is 254 g/mol. The third-order valence-corrected chi connectivity index (χ3v) is 2.71. The first-order valence-corrected chi connectivity index (χ1v) is 6.03. The van der Waals surface area contributed by atoms with Crippen molar-refractivity contribution < 1.29 is 9.63 Å². The average Bonchev–Trinajstić information content (AvgIpc) is 2.95. The minimum Gasteiger partial charge on any atom is -0.507 e. The van der Waals surface area contributed by atoms with Gasteiger partial charge in [0, 0.05) is 12.4 Å². The lowest BCUT2D eigenvalue weighted by Gasteiger charge is -1.96. The minimum absolute atomic E-state index is 0.112. The van der Waals surface area contributed by atoms with E-state index in [9.17, 15) is 5.11 Å². The van der Waals surface area contributed by atoms with E-state index >= 15 is 0 Å². The van der Waals surface area contributed by atoms with E-state index in [-0.39, 0.29) is 11.6 Å². The number of hydrogen-bond donors (Lipinski definition) is 1. The third-order valence-electron chi connectivity index (χ3n) is 2.71. The van der Waals surface area contributed by atoms with Crippen molar-refractivity contribution in [3.05, 3.63) is 60.2 Å². The maximum atomic E-state index is 9.73. The van der Waals surface area contributed by atoms with Crippen LogP contribution in [0.5, 0.6) is 5.75 Å². The van der Waals surface area contributed by atoms with Crippen molar-refractivity contribution in [1.29, 1.82) is 0 Å². The van der Waals surface area contributed by atoms with Gasteiger partial charge in [-0.3, -0.25) is 4.98 Å². The van der Waals surface area contributed by atoms with Crippen molar-refractivity contribution in [2.24, 2.45) is 0 Å². The first-order chi connectivity index (χ1) is 9.83. The zero-order chi connectivity index (χ0) is 13.8. The van der Waals surface area contributed by atoms with Gasteiger partial charge >= 0.3 is 0 Å². The Labute approximate surface area is 115 Å². The fourth-order valence-electron chi connectivity index (χ4n) is 1.71. The fraction of sp³-hybridized carbons (Fsp3) is 0. The molecule has 1 N–H and O–H groups in total. The minimum atomic E-state index is 0.112. The van der Waals surface area contributed by atoms with Crippen LogP contribution >= 0.6 is 0 Å². The quantitative estimate of drug-likeness (QED) is 0.788. The summed E-state index contributed by atoms with van der Waals surface area (Å²) in [6.07, 6.45) is 7.02. The highest BCUT2D eigenvalue weighted by molar-refractivity contribution is 5.68. The highest BCUT2D eigenvalue weighted by Crippen LogP contribution is 2.27. The number of phenols is 1. The lowest BCUT2D eigenvalue weighted by molar-refractivity contribution is 0.423. The highest BCUT2D eigenvalue weighted by atomic mass is 16.5. The lowest BCUT2D eigenvalue weighted by atomic mass is 10.2. The molecule has 0 atom stereocenters. The van der Waals surface area contributed by atoms with Crippen LogP contribution in [0.1, 0.15) is 11.4 Å². The van der Waals surface area contributed by atoms with Crippen LogP contribution in [0.15, 0.2) is 53.3 Å². The summed E-state index contributed by atoms with van der Waals surface area (Å²) in [5.74, 6) is 0.846. The predicted molar refractivity (Wildman–Crippen MR) is 74.6 cm³/mol. The van der Waals surface area contributed by atoms with Gasteiger partial charge in [-0.1, -0.05) is 23.4 Å². The average molecular weight is 265 g/mol. The van der Waals surface area contributed by atoms with E-state index in [1.165, 1.54) is 0 Å². The summed E-state index contributed by atoms with van der Waals surface area (Å²) >= 11 is 0. The molecule has 3 aromatic rings. The second kappa shape index (κ2) is 5.36. The number of aromatic hydroxyl groups is 1. The zero-order valence-corrected chi connectivity index (χ0v) is 10.5. The molecule has 0 bridgehead atoms. The summed E-state index contributed by atoms with van der Waals surface area (Å²) in [7, 11) is 0. The van der Waals surface area contributed by atoms with Gasteiger partial charge in [-0.15, -0.1) is 0 Å². The number of benzene rings is 1. The first-order valence-electron chi connectivity index (χ1n) is 6.03. The van der Waals surface area contributed by atoms with Gasteiger partial charge in [-0.05, 0) is 35.9 Å². The number of pyridine rings is 1. The van der Waals surface area contributed by atoms with Crippen LogP contribution in [-0.2, 0) is 0 Å². The molecule has 0 aliphatic rings. The van der Waals surface area contributed by atoms with Crippen molar-refractivity contribution in [3.8, 4) is 17.2 Å². The Morgan fingerprint density at radius 3 is 2.60 bits per heavy atom. The Morgan fingerprint density at radius 1 is 1.00 bits per heavy atom. The summed E-state index contributed by atoms with van der Waals surface area (Å²) in [5.41, 5.74) is 1.51. The van der Waals surface area contributed by atoms with Crippen molar-refractivity contribution in [2.75, 3.05) is 0 Å². The molecular formula is C15H11N3O2. The maximum Gasteiger partial charge on any atom is 0.261 e. The monoisotopic (exact) mass is 265 g/mol. The number of hydrogen-bond acceptors (Lipinski definition) is 5. The third kappa shape index (κ3) is 2.56. The van der Waals surface area contributed by atoms with Gasteiger partial charge < -0.3 is 9.63 Å². The molecule has 5 nitrogen and oxygen atoms in total. The van der Waals surface area contributed by atoms with Crippen molar-refractivity contribution in [2.45, 2.75) is 0 Å². The molecule has 2 aromatic heterocycles. The predicted octanol–water partition coefficient (Wildman–Crippen LogP) is 3.01. The smallest absolute Gasteiger partial charge is 0.261 e. The van der Waals surface area contributed by atoms with Crippen LogP contribution in [-0.4, -0.2) is 20.2 Å². The van der Waals surface area contributed by atoms with Crippen LogP contribution in [0.2, 0.25) is 0 Å². The summed E-state index contributed by atoms with van der Waals surface area (Å²) < 4.78 is 5.14. The maximum absolute atomic E-state index is 9.73. The number of para-hydroxylation sites is 1. The molecule has 5 heteroatoms. The molecule has 0 fully saturated rings. The lowest BCUT2D eigenvalue weighted by Crippen LogP contribution is -1.79. The summed E-state index contributed by atoms with van der Waals surface area (Å²) in [4.78, 5) is 8.16. The second-order valence-electron chi connectivity index (χ2n) is 4.09. The highest BCUT2D eigenvalue weighted by Gasteiger charge is 2.10. The number of phenolic OH excluding ortho intramolecular Hbond substituents is 1. The Morgan fingerprint density at radius 2 is 1.80 bits per heavy atom. The van der Waals surface area contributed by atoms with E-state index in [1.54, 1.807) is 42.7 Å². The molecule has 0 saturated carbocycles. The van der Waals surface area contributed by atoms with Crippen molar-refractivity contribution >= 4 is 12.2 Å². The largest absolute Gasteiger partial charge is 0.507 e. The number of nitrogens with zero attached hydrogens (tertiary/aromatic N) is 3. The molecule has 0 aliphatic heterocycles. The summed E-state index contributed by atoms with van der Waals surface area (Å²) in [5, 5.41) is 13.6. The Hall–Kier alpha value is -2.95. The molecule has 0 radical (unpaired) electrons. The van der Waals surface area contributed by atoms with Gasteiger partial charge in [0.2, 0.25) is 0 Å². The number of rotatable bonds is 3. The molecule has 1 aromatic carbocycles. The summed E-state index contributed by atoms with van der Waals surface area (Å²) in [6.45, 7) is 0. The molecule has 0 saturated heterocycles. The molecule has 98 valence electrons. The van der Waals surface area contributed by atoms with Gasteiger partial charge in [-0.25, -0.2) is 0 Å². The van der Waals surface area contributed by atoms with Gasteiger partial charge in [0.15, 0.2) is 5.82 Å². The number of aromatic nitrogens is 3. The topological polar surface area (TPSA) is 72.0 Å². The fourth-order valence-corrected chi connectivity index (χ4v) is 1.71. The van der Waals surface area contributed by atoms with E-state index in [4.69, 9.17) is 4.52 Å². The van der Waals surface area contributed by atoms with Gasteiger partial charge in [-0.2, -0.15) is 4.98 Å². The zero-order valence-electron chi connectivity index (χ0n) is 10.5. The Balaban J connectivity index is 1.85. The molecule has 20 heavy (non-hydrogen) atoms. The standard InChI is InChI=1S/C15H11N3O2/c19-13-4-2-1-3-12(13)15-17-14(18-20-15)6-5-11-7-9-16-10-8-11/h1-10,19H. The van der Waals surface area contributed by atoms with Crippen LogP contribution in [0.25, 0.3) is 23.6 Å². The SMILES string of the molecule is Oc1ccccc1-c1nc(C=Cc2ccncc2)no1. The summed E-state index contributed by atoms with van der Waals surface area (Å²) in [6, 6.07) is 10.6. The van der Waals surface area contributed by atoms with Crippen LogP contribution in [0, 0.1) is 0 Å². The van der Waals surface area contributed by atoms with E-state index in [2.05, 4.69) is 15.1 Å². The van der Waals surface area contributed by atoms with E-state index in [1.807, 2.05) is 18.2 Å². The van der Waals surface area contributed by atoms with E-state index in [0.29, 0.717) is 11.4 Å². The van der Waals surface area contributed by atoms with Gasteiger partial charge in [0.1, 0.15) is 5.75 Å². The normalized spacial score (nSPS) is 11.0. The van der Waals surface area contributed by atoms with Crippen LogP contribution in [0.3, 0.4) is 0 Å². The molecule has 0 unspecified atom stereocenters. The molecule has 3 rings (SSSR count). The van der Waals surface area contributed by atoms with Crippen LogP contribution < -0.4 is 0 Å². The van der Waals surface area contributed by atoms with Gasteiger partial charge in [0.25, 0.3) is 5.89 Å². The molecule has 2 heterocycles. The van der Waals surface area contributed by atoms with Crippen LogP contribution in [0.4, 0.5) is 0 Å². The Bertz CT molecular complexity index is 736. The van der Waals surface area contributed by atoms with E-state index < -0.39 is 0 Å². The molecule has 0 amide bonds. The molecule has 0 aliphatic carbocycles. The van der Waals surface area contributed by atoms with Gasteiger partial charge in [0.05, 0.1) is 5.56 Å². The molecule has 0 spiro atoms. The first kappa shape index (κ1) is 12.1. The second-order valence-corrected chi connectivity index (χ2v) is 4.09. The van der Waals surface area contributed by atoms with Crippen molar-refractivity contribution in [1.82, 2.24) is 15.1 Å². The van der Waals surface area contributed by atoms with E-state index in [0.717, 1.165) is 5.56 Å². The Kier molecular flexibility index (Phi) is 3.24.